The van der Waals surface area contributed by atoms with Gasteiger partial charge in [0, 0.05) is 23.2 Å². The highest BCUT2D eigenvalue weighted by atomic mass is 79.9. The zero-order valence-corrected chi connectivity index (χ0v) is 15.0. The lowest BCUT2D eigenvalue weighted by atomic mass is 10.2. The Morgan fingerprint density at radius 3 is 2.75 bits per heavy atom. The molecule has 3 rings (SSSR count). The molecule has 0 bridgehead atoms. The Hall–Kier alpha value is -1.92. The number of hydrogen-bond acceptors (Lipinski definition) is 4. The summed E-state index contributed by atoms with van der Waals surface area (Å²) in [6.07, 6.45) is 0.834. The van der Waals surface area contributed by atoms with Crippen LogP contribution in [0.4, 0.5) is 5.69 Å². The molecule has 0 saturated carbocycles. The second-order valence-electron chi connectivity index (χ2n) is 5.12. The average Bonchev–Trinajstić information content (AvgIpc) is 2.79. The first-order chi connectivity index (χ1) is 11.6. The quantitative estimate of drug-likeness (QED) is 0.814. The molecule has 24 heavy (non-hydrogen) atoms. The van der Waals surface area contributed by atoms with Gasteiger partial charge in [0.05, 0.1) is 17.7 Å². The van der Waals surface area contributed by atoms with E-state index in [4.69, 9.17) is 25.8 Å². The van der Waals surface area contributed by atoms with Crippen LogP contribution < -0.4 is 19.5 Å². The van der Waals surface area contributed by atoms with E-state index in [9.17, 15) is 4.79 Å². The zero-order valence-electron chi connectivity index (χ0n) is 12.7. The van der Waals surface area contributed by atoms with E-state index in [2.05, 4.69) is 21.2 Å². The second-order valence-corrected chi connectivity index (χ2v) is 6.41. The van der Waals surface area contributed by atoms with Crippen molar-refractivity contribution in [1.82, 2.24) is 0 Å². The maximum atomic E-state index is 12.1. The molecule has 2 aromatic rings. The zero-order chi connectivity index (χ0) is 16.9. The molecule has 0 saturated heterocycles. The van der Waals surface area contributed by atoms with E-state index in [-0.39, 0.29) is 12.5 Å². The van der Waals surface area contributed by atoms with Gasteiger partial charge in [-0.25, -0.2) is 0 Å². The molecule has 0 fully saturated rings. The highest BCUT2D eigenvalue weighted by Crippen LogP contribution is 2.32. The van der Waals surface area contributed by atoms with Crippen LogP contribution in [0.3, 0.4) is 0 Å². The summed E-state index contributed by atoms with van der Waals surface area (Å²) in [5.41, 5.74) is 0.628. The lowest BCUT2D eigenvalue weighted by Crippen LogP contribution is -2.20. The van der Waals surface area contributed by atoms with Gasteiger partial charge in [0.25, 0.3) is 5.91 Å². The number of anilines is 1. The number of fused-ring (bicyclic) bond motifs is 1. The average molecular weight is 413 g/mol. The number of carbonyl (C=O) groups is 1. The standard InChI is InChI=1S/C17H15BrClNO4/c18-13-8-11(19)2-4-14(13)24-10-17(21)20-12-3-5-15-16(9-12)23-7-1-6-22-15/h2-5,8-9H,1,6-7,10H2,(H,20,21). The Balaban J connectivity index is 1.59. The number of amides is 1. The van der Waals surface area contributed by atoms with Crippen LogP contribution in [0.15, 0.2) is 40.9 Å². The van der Waals surface area contributed by atoms with Crippen LogP contribution in [0.5, 0.6) is 17.2 Å². The Morgan fingerprint density at radius 1 is 1.17 bits per heavy atom. The topological polar surface area (TPSA) is 56.8 Å². The molecule has 0 spiro atoms. The Bertz CT molecular complexity index is 753. The van der Waals surface area contributed by atoms with Crippen LogP contribution >= 0.6 is 27.5 Å². The van der Waals surface area contributed by atoms with Crippen molar-refractivity contribution in [3.63, 3.8) is 0 Å². The number of nitrogens with one attached hydrogen (secondary N) is 1. The third-order valence-electron chi connectivity index (χ3n) is 3.28. The lowest BCUT2D eigenvalue weighted by molar-refractivity contribution is -0.118. The smallest absolute Gasteiger partial charge is 0.262 e. The normalized spacial score (nSPS) is 13.1. The molecule has 7 heteroatoms. The molecule has 2 aromatic carbocycles. The molecule has 5 nitrogen and oxygen atoms in total. The first-order valence-corrected chi connectivity index (χ1v) is 8.56. The van der Waals surface area contributed by atoms with Crippen molar-refractivity contribution in [2.24, 2.45) is 0 Å². The molecule has 0 radical (unpaired) electrons. The summed E-state index contributed by atoms with van der Waals surface area (Å²) in [5.74, 6) is 1.60. The molecule has 1 N–H and O–H groups in total. The van der Waals surface area contributed by atoms with Gasteiger partial charge < -0.3 is 19.5 Å². The fraction of sp³-hybridized carbons (Fsp3) is 0.235. The van der Waals surface area contributed by atoms with Crippen LogP contribution in [-0.4, -0.2) is 25.7 Å². The SMILES string of the molecule is O=C(COc1ccc(Cl)cc1Br)Nc1ccc2c(c1)OCCCO2. The molecule has 1 amide bonds. The van der Waals surface area contributed by atoms with Crippen LogP contribution in [0, 0.1) is 0 Å². The largest absolute Gasteiger partial charge is 0.490 e. The van der Waals surface area contributed by atoms with Gasteiger partial charge in [-0.1, -0.05) is 11.6 Å². The predicted octanol–water partition coefficient (Wildman–Crippen LogP) is 4.28. The van der Waals surface area contributed by atoms with Gasteiger partial charge >= 0.3 is 0 Å². The van der Waals surface area contributed by atoms with Crippen molar-refractivity contribution < 1.29 is 19.0 Å². The van der Waals surface area contributed by atoms with Crippen LogP contribution in [0.25, 0.3) is 0 Å². The molecule has 0 atom stereocenters. The minimum Gasteiger partial charge on any atom is -0.490 e. The van der Waals surface area contributed by atoms with Crippen LogP contribution in [-0.2, 0) is 4.79 Å². The van der Waals surface area contributed by atoms with Crippen molar-refractivity contribution in [3.05, 3.63) is 45.9 Å². The van der Waals surface area contributed by atoms with Crippen molar-refractivity contribution in [2.75, 3.05) is 25.1 Å². The van der Waals surface area contributed by atoms with Crippen molar-refractivity contribution >= 4 is 39.1 Å². The predicted molar refractivity (Wildman–Crippen MR) is 95.3 cm³/mol. The van der Waals surface area contributed by atoms with Crippen LogP contribution in [0.1, 0.15) is 6.42 Å². The van der Waals surface area contributed by atoms with Gasteiger partial charge in [-0.3, -0.25) is 4.79 Å². The minimum atomic E-state index is -0.272. The number of rotatable bonds is 4. The van der Waals surface area contributed by atoms with E-state index in [1.54, 1.807) is 36.4 Å². The first-order valence-electron chi connectivity index (χ1n) is 7.39. The van der Waals surface area contributed by atoms with E-state index in [1.165, 1.54) is 0 Å². The Morgan fingerprint density at radius 2 is 1.96 bits per heavy atom. The van der Waals surface area contributed by atoms with Gasteiger partial charge in [-0.2, -0.15) is 0 Å². The Labute approximate surface area is 153 Å². The molecular formula is C17H15BrClNO4. The molecular weight excluding hydrogens is 398 g/mol. The van der Waals surface area contributed by atoms with E-state index in [0.29, 0.717) is 45.6 Å². The second kappa shape index (κ2) is 7.77. The fourth-order valence-corrected chi connectivity index (χ4v) is 2.97. The highest BCUT2D eigenvalue weighted by Gasteiger charge is 2.12. The highest BCUT2D eigenvalue weighted by molar-refractivity contribution is 9.10. The van der Waals surface area contributed by atoms with Gasteiger partial charge in [-0.15, -0.1) is 0 Å². The minimum absolute atomic E-state index is 0.116. The summed E-state index contributed by atoms with van der Waals surface area (Å²) in [7, 11) is 0. The summed E-state index contributed by atoms with van der Waals surface area (Å²) in [4.78, 5) is 12.1. The third kappa shape index (κ3) is 4.33. The molecule has 0 aromatic heterocycles. The van der Waals surface area contributed by atoms with Crippen molar-refractivity contribution in [2.45, 2.75) is 6.42 Å². The van der Waals surface area contributed by atoms with Crippen molar-refractivity contribution in [1.29, 1.82) is 0 Å². The molecule has 1 heterocycles. The third-order valence-corrected chi connectivity index (χ3v) is 4.14. The monoisotopic (exact) mass is 411 g/mol. The lowest BCUT2D eigenvalue weighted by Gasteiger charge is -2.11. The number of ether oxygens (including phenoxy) is 3. The summed E-state index contributed by atoms with van der Waals surface area (Å²) in [6, 6.07) is 10.4. The molecule has 0 aliphatic carbocycles. The van der Waals surface area contributed by atoms with Crippen molar-refractivity contribution in [3.8, 4) is 17.2 Å². The number of hydrogen-bond donors (Lipinski definition) is 1. The summed E-state index contributed by atoms with van der Waals surface area (Å²) < 4.78 is 17.3. The van der Waals surface area contributed by atoms with Gasteiger partial charge in [0.1, 0.15) is 5.75 Å². The van der Waals surface area contributed by atoms with Gasteiger partial charge in [0.2, 0.25) is 0 Å². The molecule has 126 valence electrons. The summed E-state index contributed by atoms with van der Waals surface area (Å²) in [6.45, 7) is 1.11. The van der Waals surface area contributed by atoms with Gasteiger partial charge in [0.15, 0.2) is 18.1 Å². The summed E-state index contributed by atoms with van der Waals surface area (Å²) >= 11 is 9.21. The maximum Gasteiger partial charge on any atom is 0.262 e. The number of carbonyl (C=O) groups excluding carboxylic acids is 1. The number of benzene rings is 2. The molecule has 1 aliphatic heterocycles. The molecule has 1 aliphatic rings. The van der Waals surface area contributed by atoms with E-state index >= 15 is 0 Å². The summed E-state index contributed by atoms with van der Waals surface area (Å²) in [5, 5.41) is 3.36. The van der Waals surface area contributed by atoms with Crippen LogP contribution in [0.2, 0.25) is 5.02 Å². The maximum absolute atomic E-state index is 12.1. The van der Waals surface area contributed by atoms with Gasteiger partial charge in [-0.05, 0) is 46.3 Å². The Kier molecular flexibility index (Phi) is 5.48. The first kappa shape index (κ1) is 16.9. The van der Waals surface area contributed by atoms with E-state index in [1.807, 2.05) is 0 Å². The molecule has 0 unspecified atom stereocenters. The fourth-order valence-electron chi connectivity index (χ4n) is 2.17. The van der Waals surface area contributed by atoms with E-state index in [0.717, 1.165) is 6.42 Å². The number of halogens is 2. The van der Waals surface area contributed by atoms with E-state index < -0.39 is 0 Å².